The summed E-state index contributed by atoms with van der Waals surface area (Å²) < 4.78 is 51.8. The van der Waals surface area contributed by atoms with Crippen LogP contribution in [0.2, 0.25) is 5.02 Å². The van der Waals surface area contributed by atoms with Gasteiger partial charge in [-0.2, -0.15) is 13.2 Å². The summed E-state index contributed by atoms with van der Waals surface area (Å²) >= 11 is 5.94. The van der Waals surface area contributed by atoms with E-state index < -0.39 is 35.4 Å². The summed E-state index contributed by atoms with van der Waals surface area (Å²) in [6.45, 7) is 1.90. The van der Waals surface area contributed by atoms with E-state index in [0.29, 0.717) is 17.8 Å². The highest BCUT2D eigenvalue weighted by atomic mass is 35.5. The van der Waals surface area contributed by atoms with Crippen LogP contribution in [0.5, 0.6) is 0 Å². The third kappa shape index (κ3) is 5.89. The van der Waals surface area contributed by atoms with Crippen LogP contribution in [-0.4, -0.2) is 41.5 Å². The Morgan fingerprint density at radius 2 is 1.94 bits per heavy atom. The SMILES string of the molecule is CC1NNCC1C(=O)N(Cc1ccc(F)cc1)C(=O)NN(C)c1ncc(C(F)(F)F)cc1Cl. The number of carbonyl (C=O) groups is 2. The van der Waals surface area contributed by atoms with E-state index >= 15 is 0 Å². The van der Waals surface area contributed by atoms with Crippen LogP contribution in [0, 0.1) is 11.7 Å². The van der Waals surface area contributed by atoms with Crippen molar-refractivity contribution in [2.45, 2.75) is 25.7 Å². The predicted octanol–water partition coefficient (Wildman–Crippen LogP) is 3.10. The molecule has 178 valence electrons. The second-order valence-corrected chi connectivity index (χ2v) is 7.88. The average molecular weight is 489 g/mol. The zero-order valence-corrected chi connectivity index (χ0v) is 18.3. The Kier molecular flexibility index (Phi) is 7.40. The van der Waals surface area contributed by atoms with Gasteiger partial charge in [-0.15, -0.1) is 0 Å². The average Bonchev–Trinajstić information content (AvgIpc) is 3.17. The number of carbonyl (C=O) groups excluding carboxylic acids is 2. The zero-order valence-electron chi connectivity index (χ0n) is 17.6. The Bertz CT molecular complexity index is 1020. The number of rotatable bonds is 5. The maximum Gasteiger partial charge on any atom is 0.417 e. The lowest BCUT2D eigenvalue weighted by Crippen LogP contribution is -2.52. The number of aromatic nitrogens is 1. The molecule has 8 nitrogen and oxygen atoms in total. The predicted molar refractivity (Wildman–Crippen MR) is 112 cm³/mol. The molecular formula is C20H21ClF4N6O2. The van der Waals surface area contributed by atoms with E-state index in [1.165, 1.54) is 31.3 Å². The molecule has 3 amide bonds. The van der Waals surface area contributed by atoms with Crippen LogP contribution in [0.3, 0.4) is 0 Å². The van der Waals surface area contributed by atoms with Crippen molar-refractivity contribution in [1.29, 1.82) is 0 Å². The van der Waals surface area contributed by atoms with Gasteiger partial charge >= 0.3 is 12.2 Å². The molecule has 2 atom stereocenters. The van der Waals surface area contributed by atoms with Gasteiger partial charge < -0.3 is 0 Å². The van der Waals surface area contributed by atoms with E-state index in [-0.39, 0.29) is 30.0 Å². The fourth-order valence-electron chi connectivity index (χ4n) is 3.22. The maximum atomic E-state index is 13.3. The number of hydrogen-bond donors (Lipinski definition) is 3. The number of benzene rings is 1. The number of nitrogens with zero attached hydrogens (tertiary/aromatic N) is 3. The normalized spacial score (nSPS) is 18.2. The van der Waals surface area contributed by atoms with Crippen LogP contribution >= 0.6 is 11.6 Å². The summed E-state index contributed by atoms with van der Waals surface area (Å²) in [7, 11) is 1.32. The number of alkyl halides is 3. The number of amides is 3. The quantitative estimate of drug-likeness (QED) is 0.443. The van der Waals surface area contributed by atoms with Crippen molar-refractivity contribution in [3.63, 3.8) is 0 Å². The van der Waals surface area contributed by atoms with Crippen molar-refractivity contribution in [2.75, 3.05) is 18.6 Å². The minimum atomic E-state index is -4.63. The minimum Gasteiger partial charge on any atom is -0.274 e. The van der Waals surface area contributed by atoms with Crippen LogP contribution in [0.25, 0.3) is 0 Å². The molecule has 2 aromatic rings. The number of hydrazine groups is 2. The molecule has 1 aromatic carbocycles. The molecule has 1 saturated heterocycles. The molecule has 1 aliphatic heterocycles. The number of pyridine rings is 1. The molecule has 1 aliphatic rings. The lowest BCUT2D eigenvalue weighted by atomic mass is 10.0. The summed E-state index contributed by atoms with van der Waals surface area (Å²) in [5.74, 6) is -1.68. The maximum absolute atomic E-state index is 13.3. The van der Waals surface area contributed by atoms with Gasteiger partial charge in [0.2, 0.25) is 5.91 Å². The molecule has 1 aromatic heterocycles. The van der Waals surface area contributed by atoms with Crippen LogP contribution in [0.1, 0.15) is 18.1 Å². The summed E-state index contributed by atoms with van der Waals surface area (Å²) in [5.41, 5.74) is 7.61. The van der Waals surface area contributed by atoms with Gasteiger partial charge in [0.25, 0.3) is 0 Å². The zero-order chi connectivity index (χ0) is 24.3. The molecule has 3 N–H and O–H groups in total. The standard InChI is InChI=1S/C20H21ClF4N6O2/c1-11-15(9-27-28-11)18(32)31(10-12-3-5-14(22)6-4-12)19(33)29-30(2)17-16(21)7-13(8-26-17)20(23,24)25/h3-8,11,15,27-28H,9-10H2,1-2H3,(H,29,33). The number of urea groups is 1. The monoisotopic (exact) mass is 488 g/mol. The molecule has 1 fully saturated rings. The molecular weight excluding hydrogens is 468 g/mol. The number of halogens is 5. The van der Waals surface area contributed by atoms with E-state index in [4.69, 9.17) is 11.6 Å². The second kappa shape index (κ2) is 9.89. The fourth-order valence-corrected chi connectivity index (χ4v) is 3.51. The third-order valence-corrected chi connectivity index (χ3v) is 5.35. The van der Waals surface area contributed by atoms with Gasteiger partial charge in [0, 0.05) is 25.8 Å². The molecule has 0 spiro atoms. The number of hydrogen-bond acceptors (Lipinski definition) is 6. The van der Waals surface area contributed by atoms with Crippen LogP contribution in [-0.2, 0) is 17.5 Å². The van der Waals surface area contributed by atoms with E-state index in [2.05, 4.69) is 21.3 Å². The Balaban J connectivity index is 1.81. The van der Waals surface area contributed by atoms with Crippen molar-refractivity contribution >= 4 is 29.4 Å². The van der Waals surface area contributed by atoms with Gasteiger partial charge in [0.05, 0.1) is 23.0 Å². The van der Waals surface area contributed by atoms with Crippen LogP contribution in [0.15, 0.2) is 36.5 Å². The van der Waals surface area contributed by atoms with E-state index in [1.807, 2.05) is 0 Å². The smallest absolute Gasteiger partial charge is 0.274 e. The lowest BCUT2D eigenvalue weighted by Gasteiger charge is -2.28. The third-order valence-electron chi connectivity index (χ3n) is 5.07. The van der Waals surface area contributed by atoms with E-state index in [0.717, 1.165) is 9.91 Å². The molecule has 0 aliphatic carbocycles. The van der Waals surface area contributed by atoms with E-state index in [1.54, 1.807) is 6.92 Å². The van der Waals surface area contributed by atoms with Crippen molar-refractivity contribution in [1.82, 2.24) is 26.2 Å². The molecule has 13 heteroatoms. The molecule has 33 heavy (non-hydrogen) atoms. The Morgan fingerprint density at radius 1 is 1.27 bits per heavy atom. The second-order valence-electron chi connectivity index (χ2n) is 7.47. The Hall–Kier alpha value is -2.96. The highest BCUT2D eigenvalue weighted by Crippen LogP contribution is 2.33. The summed E-state index contributed by atoms with van der Waals surface area (Å²) in [6.07, 6.45) is -4.04. The fraction of sp³-hybridized carbons (Fsp3) is 0.350. The highest BCUT2D eigenvalue weighted by molar-refractivity contribution is 6.33. The first-order valence-electron chi connectivity index (χ1n) is 9.78. The minimum absolute atomic E-state index is 0.148. The van der Waals surface area contributed by atoms with Gasteiger partial charge in [0.1, 0.15) is 5.82 Å². The van der Waals surface area contributed by atoms with Gasteiger partial charge in [-0.3, -0.25) is 25.6 Å². The Labute approximate surface area is 191 Å². The molecule has 2 heterocycles. The largest absolute Gasteiger partial charge is 0.417 e. The highest BCUT2D eigenvalue weighted by Gasteiger charge is 2.36. The van der Waals surface area contributed by atoms with Gasteiger partial charge in [-0.25, -0.2) is 19.6 Å². The number of imide groups is 1. The first-order chi connectivity index (χ1) is 15.5. The van der Waals surface area contributed by atoms with Crippen molar-refractivity contribution in [3.8, 4) is 0 Å². The molecule has 0 bridgehead atoms. The van der Waals surface area contributed by atoms with Gasteiger partial charge in [-0.1, -0.05) is 23.7 Å². The van der Waals surface area contributed by atoms with Crippen LogP contribution < -0.4 is 21.3 Å². The molecule has 0 saturated carbocycles. The first kappa shape index (κ1) is 24.7. The first-order valence-corrected chi connectivity index (χ1v) is 10.2. The molecule has 2 unspecified atom stereocenters. The van der Waals surface area contributed by atoms with Crippen molar-refractivity contribution < 1.29 is 27.2 Å². The van der Waals surface area contributed by atoms with Gasteiger partial charge in [0.15, 0.2) is 5.82 Å². The van der Waals surface area contributed by atoms with Gasteiger partial charge in [-0.05, 0) is 30.7 Å². The topological polar surface area (TPSA) is 89.6 Å². The lowest BCUT2D eigenvalue weighted by molar-refractivity contribution is -0.138. The van der Waals surface area contributed by atoms with Crippen molar-refractivity contribution in [2.24, 2.45) is 5.92 Å². The molecule has 3 rings (SSSR count). The Morgan fingerprint density at radius 3 is 2.48 bits per heavy atom. The van der Waals surface area contributed by atoms with Crippen molar-refractivity contribution in [3.05, 3.63) is 58.5 Å². The summed E-state index contributed by atoms with van der Waals surface area (Å²) in [5, 5.41) is 0.673. The van der Waals surface area contributed by atoms with Crippen LogP contribution in [0.4, 0.5) is 28.2 Å². The number of nitrogens with one attached hydrogen (secondary N) is 3. The number of anilines is 1. The van der Waals surface area contributed by atoms with E-state index in [9.17, 15) is 27.2 Å². The summed E-state index contributed by atoms with van der Waals surface area (Å²) in [4.78, 5) is 30.8. The molecule has 0 radical (unpaired) electrons. The summed E-state index contributed by atoms with van der Waals surface area (Å²) in [6, 6.07) is 4.86.